The number of aryl methyl sites for hydroxylation is 2. The van der Waals surface area contributed by atoms with Crippen LogP contribution in [0.25, 0.3) is 10.8 Å². The second-order valence-electron chi connectivity index (χ2n) is 5.93. The Bertz CT molecular complexity index is 919. The number of nitrogens with zero attached hydrogens (tertiary/aromatic N) is 1. The molecule has 3 aromatic rings. The van der Waals surface area contributed by atoms with E-state index in [9.17, 15) is 0 Å². The minimum atomic E-state index is 0.408. The van der Waals surface area contributed by atoms with Crippen molar-refractivity contribution in [3.8, 4) is 0 Å². The smallest absolute Gasteiger partial charge is 0.198 e. The highest BCUT2D eigenvalue weighted by Crippen LogP contribution is 2.36. The zero-order chi connectivity index (χ0) is 16.5. The van der Waals surface area contributed by atoms with Crippen molar-refractivity contribution in [3.63, 3.8) is 0 Å². The van der Waals surface area contributed by atoms with Crippen molar-refractivity contribution in [2.45, 2.75) is 17.7 Å². The van der Waals surface area contributed by atoms with Gasteiger partial charge in [0, 0.05) is 16.0 Å². The summed E-state index contributed by atoms with van der Waals surface area (Å²) in [4.78, 5) is 5.84. The summed E-state index contributed by atoms with van der Waals surface area (Å²) in [6, 6.07) is 18.9. The number of rotatable bonds is 3. The van der Waals surface area contributed by atoms with Crippen LogP contribution in [-0.2, 0) is 12.8 Å². The molecule has 0 spiro atoms. The average Bonchev–Trinajstić information content (AvgIpc) is 3.03. The summed E-state index contributed by atoms with van der Waals surface area (Å²) in [7, 11) is 0. The Morgan fingerprint density at radius 1 is 1.00 bits per heavy atom. The molecule has 0 bridgehead atoms. The summed E-state index contributed by atoms with van der Waals surface area (Å²) >= 11 is 1.72. The van der Waals surface area contributed by atoms with Gasteiger partial charge in [0.2, 0.25) is 0 Å². The van der Waals surface area contributed by atoms with Crippen molar-refractivity contribution in [2.75, 3.05) is 11.6 Å². The number of hydrogen-bond donors (Lipinski definition) is 2. The Morgan fingerprint density at radius 3 is 2.50 bits per heavy atom. The fourth-order valence-electron chi connectivity index (χ4n) is 3.31. The Morgan fingerprint density at radius 2 is 1.75 bits per heavy atom. The lowest BCUT2D eigenvalue weighted by Gasteiger charge is -2.09. The maximum atomic E-state index is 6.12. The fraction of sp³-hybridized carbons (Fsp3) is 0.150. The SMILES string of the molecule is CSc1ccc(NC(N)=Nc2ccc3c4c(cccc24)CC3)cc1. The van der Waals surface area contributed by atoms with Crippen molar-refractivity contribution in [3.05, 3.63) is 65.7 Å². The highest BCUT2D eigenvalue weighted by molar-refractivity contribution is 7.98. The maximum absolute atomic E-state index is 6.12. The Labute approximate surface area is 146 Å². The number of benzene rings is 3. The number of thioether (sulfide) groups is 1. The number of hydrogen-bond acceptors (Lipinski definition) is 2. The fourth-order valence-corrected chi connectivity index (χ4v) is 3.72. The van der Waals surface area contributed by atoms with Gasteiger partial charge in [0.25, 0.3) is 0 Å². The van der Waals surface area contributed by atoms with Crippen LogP contribution in [0.3, 0.4) is 0 Å². The Hall–Kier alpha value is -2.46. The van der Waals surface area contributed by atoms with Crippen LogP contribution in [0.1, 0.15) is 11.1 Å². The topological polar surface area (TPSA) is 50.4 Å². The van der Waals surface area contributed by atoms with Gasteiger partial charge in [-0.2, -0.15) is 0 Å². The lowest BCUT2D eigenvalue weighted by Crippen LogP contribution is -2.21. The molecule has 3 aromatic carbocycles. The summed E-state index contributed by atoms with van der Waals surface area (Å²) in [5.74, 6) is 0.408. The molecule has 0 saturated heterocycles. The predicted octanol–water partition coefficient (Wildman–Crippen LogP) is 4.72. The molecule has 120 valence electrons. The molecular formula is C20H19N3S. The molecule has 1 aliphatic rings. The zero-order valence-corrected chi connectivity index (χ0v) is 14.4. The second kappa shape index (κ2) is 6.21. The molecular weight excluding hydrogens is 314 g/mol. The average molecular weight is 333 g/mol. The number of nitrogens with one attached hydrogen (secondary N) is 1. The number of aliphatic imine (C=N–C) groups is 1. The molecule has 0 aliphatic heterocycles. The Kier molecular flexibility index (Phi) is 3.90. The monoisotopic (exact) mass is 333 g/mol. The molecule has 0 atom stereocenters. The van der Waals surface area contributed by atoms with Crippen LogP contribution in [0.4, 0.5) is 11.4 Å². The number of nitrogens with two attached hydrogens (primary N) is 1. The van der Waals surface area contributed by atoms with E-state index >= 15 is 0 Å². The van der Waals surface area contributed by atoms with Gasteiger partial charge in [-0.3, -0.25) is 0 Å². The number of anilines is 1. The minimum absolute atomic E-state index is 0.408. The van der Waals surface area contributed by atoms with E-state index in [1.165, 1.54) is 26.8 Å². The first-order chi connectivity index (χ1) is 11.7. The summed E-state index contributed by atoms with van der Waals surface area (Å²) in [5.41, 5.74) is 10.8. The van der Waals surface area contributed by atoms with E-state index in [0.717, 1.165) is 24.2 Å². The molecule has 0 heterocycles. The summed E-state index contributed by atoms with van der Waals surface area (Å²) in [6.07, 6.45) is 4.30. The van der Waals surface area contributed by atoms with Crippen molar-refractivity contribution in [1.82, 2.24) is 0 Å². The lowest BCUT2D eigenvalue weighted by atomic mass is 10.0. The van der Waals surface area contributed by atoms with E-state index in [-0.39, 0.29) is 0 Å². The lowest BCUT2D eigenvalue weighted by molar-refractivity contribution is 1.02. The van der Waals surface area contributed by atoms with Gasteiger partial charge in [0.1, 0.15) is 0 Å². The third-order valence-electron chi connectivity index (χ3n) is 4.46. The molecule has 24 heavy (non-hydrogen) atoms. The molecule has 4 rings (SSSR count). The number of guanidine groups is 1. The van der Waals surface area contributed by atoms with Gasteiger partial charge < -0.3 is 11.1 Å². The first-order valence-electron chi connectivity index (χ1n) is 8.03. The van der Waals surface area contributed by atoms with E-state index in [1.54, 1.807) is 11.8 Å². The van der Waals surface area contributed by atoms with E-state index in [4.69, 9.17) is 5.73 Å². The van der Waals surface area contributed by atoms with E-state index in [2.05, 4.69) is 59.0 Å². The molecule has 0 aromatic heterocycles. The van der Waals surface area contributed by atoms with Crippen LogP contribution in [0, 0.1) is 0 Å². The van der Waals surface area contributed by atoms with Gasteiger partial charge >= 0.3 is 0 Å². The first-order valence-corrected chi connectivity index (χ1v) is 9.26. The van der Waals surface area contributed by atoms with Crippen molar-refractivity contribution >= 4 is 39.9 Å². The molecule has 4 heteroatoms. The van der Waals surface area contributed by atoms with Crippen LogP contribution in [0.5, 0.6) is 0 Å². The highest BCUT2D eigenvalue weighted by Gasteiger charge is 2.15. The van der Waals surface area contributed by atoms with E-state index in [0.29, 0.717) is 5.96 Å². The summed E-state index contributed by atoms with van der Waals surface area (Å²) in [6.45, 7) is 0. The third kappa shape index (κ3) is 2.74. The highest BCUT2D eigenvalue weighted by atomic mass is 32.2. The molecule has 0 radical (unpaired) electrons. The standard InChI is InChI=1S/C20H19N3S/c1-24-16-10-8-15(9-11-16)22-20(21)23-18-12-7-14-6-5-13-3-2-4-17(18)19(13)14/h2-4,7-12H,5-6H2,1H3,(H3,21,22,23). The quantitative estimate of drug-likeness (QED) is 0.414. The summed E-state index contributed by atoms with van der Waals surface area (Å²) in [5, 5.41) is 5.71. The van der Waals surface area contributed by atoms with Crippen LogP contribution in [-0.4, -0.2) is 12.2 Å². The van der Waals surface area contributed by atoms with Crippen LogP contribution < -0.4 is 11.1 Å². The predicted molar refractivity (Wildman–Crippen MR) is 104 cm³/mol. The van der Waals surface area contributed by atoms with E-state index in [1.807, 2.05) is 12.1 Å². The molecule has 0 amide bonds. The molecule has 3 nitrogen and oxygen atoms in total. The van der Waals surface area contributed by atoms with Gasteiger partial charge in [-0.25, -0.2) is 4.99 Å². The third-order valence-corrected chi connectivity index (χ3v) is 5.20. The van der Waals surface area contributed by atoms with Gasteiger partial charge in [-0.1, -0.05) is 24.3 Å². The molecule has 1 aliphatic carbocycles. The second-order valence-corrected chi connectivity index (χ2v) is 6.81. The van der Waals surface area contributed by atoms with Crippen LogP contribution in [0.2, 0.25) is 0 Å². The maximum Gasteiger partial charge on any atom is 0.198 e. The molecule has 0 fully saturated rings. The molecule has 0 unspecified atom stereocenters. The normalized spacial score (nSPS) is 13.5. The van der Waals surface area contributed by atoms with Crippen molar-refractivity contribution in [1.29, 1.82) is 0 Å². The van der Waals surface area contributed by atoms with Crippen LogP contribution >= 0.6 is 11.8 Å². The Balaban J connectivity index is 1.66. The van der Waals surface area contributed by atoms with E-state index < -0.39 is 0 Å². The van der Waals surface area contributed by atoms with Gasteiger partial charge in [0.15, 0.2) is 5.96 Å². The van der Waals surface area contributed by atoms with Crippen molar-refractivity contribution < 1.29 is 0 Å². The zero-order valence-electron chi connectivity index (χ0n) is 13.5. The minimum Gasteiger partial charge on any atom is -0.369 e. The van der Waals surface area contributed by atoms with Gasteiger partial charge in [0.05, 0.1) is 5.69 Å². The molecule has 0 saturated carbocycles. The molecule has 3 N–H and O–H groups in total. The summed E-state index contributed by atoms with van der Waals surface area (Å²) < 4.78 is 0. The largest absolute Gasteiger partial charge is 0.369 e. The van der Waals surface area contributed by atoms with Crippen LogP contribution in [0.15, 0.2) is 64.5 Å². The first kappa shape index (κ1) is 15.1. The van der Waals surface area contributed by atoms with Gasteiger partial charge in [-0.15, -0.1) is 11.8 Å². The van der Waals surface area contributed by atoms with Crippen molar-refractivity contribution in [2.24, 2.45) is 10.7 Å². The van der Waals surface area contributed by atoms with Gasteiger partial charge in [-0.05, 0) is 65.9 Å².